The van der Waals surface area contributed by atoms with Gasteiger partial charge in [0.2, 0.25) is 11.8 Å². The van der Waals surface area contributed by atoms with Crippen LogP contribution in [0, 0.1) is 0 Å². The Morgan fingerprint density at radius 1 is 0.963 bits per heavy atom. The molecule has 4 rings (SSSR count). The zero-order valence-corrected chi connectivity index (χ0v) is 14.9. The number of benzene rings is 2. The van der Waals surface area contributed by atoms with Crippen LogP contribution in [0.1, 0.15) is 25.5 Å². The van der Waals surface area contributed by atoms with Gasteiger partial charge in [0.15, 0.2) is 5.76 Å². The number of anilines is 2. The normalized spacial score (nSPS) is 14.4. The van der Waals surface area contributed by atoms with Crippen molar-refractivity contribution in [3.05, 3.63) is 66.4 Å². The lowest BCUT2D eigenvalue weighted by atomic mass is 10.00. The first kappa shape index (κ1) is 17.0. The van der Waals surface area contributed by atoms with Crippen molar-refractivity contribution in [2.45, 2.75) is 25.2 Å². The summed E-state index contributed by atoms with van der Waals surface area (Å²) < 4.78 is 5.46. The second-order valence-corrected chi connectivity index (χ2v) is 6.74. The van der Waals surface area contributed by atoms with E-state index in [1.165, 1.54) is 6.92 Å². The van der Waals surface area contributed by atoms with Gasteiger partial charge in [-0.15, -0.1) is 0 Å². The Labute approximate surface area is 156 Å². The summed E-state index contributed by atoms with van der Waals surface area (Å²) in [4.78, 5) is 23.9. The van der Waals surface area contributed by atoms with E-state index >= 15 is 0 Å². The van der Waals surface area contributed by atoms with Gasteiger partial charge in [0.25, 0.3) is 0 Å². The number of rotatable bonds is 5. The molecule has 6 nitrogen and oxygen atoms in total. The van der Waals surface area contributed by atoms with Gasteiger partial charge in [0.05, 0.1) is 11.1 Å². The van der Waals surface area contributed by atoms with Gasteiger partial charge in [-0.25, -0.2) is 0 Å². The number of amides is 2. The predicted octanol–water partition coefficient (Wildman–Crippen LogP) is 3.97. The van der Waals surface area contributed by atoms with Gasteiger partial charge < -0.3 is 15.2 Å². The third-order valence-corrected chi connectivity index (χ3v) is 4.71. The van der Waals surface area contributed by atoms with E-state index in [-0.39, 0.29) is 11.8 Å². The number of aromatic nitrogens is 1. The van der Waals surface area contributed by atoms with E-state index in [1.807, 2.05) is 36.4 Å². The number of nitrogens with one attached hydrogen (secondary N) is 2. The summed E-state index contributed by atoms with van der Waals surface area (Å²) >= 11 is 0. The van der Waals surface area contributed by atoms with Crippen LogP contribution in [-0.4, -0.2) is 17.0 Å². The fraction of sp³-hybridized carbons (Fsp3) is 0.190. The minimum atomic E-state index is -0.632. The molecule has 0 atom stereocenters. The average molecular weight is 361 g/mol. The van der Waals surface area contributed by atoms with E-state index in [9.17, 15) is 9.59 Å². The van der Waals surface area contributed by atoms with Crippen molar-refractivity contribution in [1.29, 1.82) is 0 Å². The minimum Gasteiger partial charge on any atom is -0.356 e. The molecule has 6 heteroatoms. The van der Waals surface area contributed by atoms with Crippen LogP contribution in [0.2, 0.25) is 0 Å². The molecule has 0 unspecified atom stereocenters. The first-order chi connectivity index (χ1) is 13.1. The quantitative estimate of drug-likeness (QED) is 0.720. The molecule has 1 aliphatic carbocycles. The van der Waals surface area contributed by atoms with Gasteiger partial charge >= 0.3 is 0 Å². The molecule has 0 saturated heterocycles. The maximum atomic E-state index is 12.8. The molecular formula is C21H19N3O3. The monoisotopic (exact) mass is 361 g/mol. The van der Waals surface area contributed by atoms with Gasteiger partial charge in [-0.05, 0) is 37.1 Å². The molecule has 1 aliphatic rings. The highest BCUT2D eigenvalue weighted by atomic mass is 16.5. The van der Waals surface area contributed by atoms with Crippen molar-refractivity contribution in [2.24, 2.45) is 0 Å². The zero-order chi connectivity index (χ0) is 18.9. The van der Waals surface area contributed by atoms with Crippen molar-refractivity contribution in [1.82, 2.24) is 5.16 Å². The van der Waals surface area contributed by atoms with Crippen molar-refractivity contribution >= 4 is 23.2 Å². The molecule has 1 aromatic heterocycles. The molecular weight excluding hydrogens is 342 g/mol. The average Bonchev–Trinajstić information content (AvgIpc) is 3.34. The molecule has 0 aliphatic heterocycles. The molecule has 0 radical (unpaired) electrons. The largest absolute Gasteiger partial charge is 0.356 e. The molecule has 1 fully saturated rings. The highest BCUT2D eigenvalue weighted by Gasteiger charge is 2.53. The summed E-state index contributed by atoms with van der Waals surface area (Å²) in [6.07, 6.45) is 1.48. The second kappa shape index (κ2) is 6.72. The smallest absolute Gasteiger partial charge is 0.236 e. The van der Waals surface area contributed by atoms with Crippen molar-refractivity contribution in [3.8, 4) is 11.3 Å². The Hall–Kier alpha value is -3.41. The predicted molar refractivity (Wildman–Crippen MR) is 102 cm³/mol. The summed E-state index contributed by atoms with van der Waals surface area (Å²) in [6.45, 7) is 1.45. The molecule has 0 spiro atoms. The van der Waals surface area contributed by atoms with Gasteiger partial charge in [0, 0.05) is 29.9 Å². The van der Waals surface area contributed by atoms with E-state index in [0.29, 0.717) is 22.8 Å². The van der Waals surface area contributed by atoms with E-state index in [1.54, 1.807) is 24.3 Å². The molecule has 1 saturated carbocycles. The van der Waals surface area contributed by atoms with E-state index < -0.39 is 5.41 Å². The topological polar surface area (TPSA) is 84.2 Å². The van der Waals surface area contributed by atoms with Gasteiger partial charge in [-0.1, -0.05) is 35.5 Å². The van der Waals surface area contributed by atoms with Crippen LogP contribution in [0.25, 0.3) is 11.3 Å². The van der Waals surface area contributed by atoms with Crippen molar-refractivity contribution < 1.29 is 14.1 Å². The summed E-state index contributed by atoms with van der Waals surface area (Å²) in [6, 6.07) is 18.6. The van der Waals surface area contributed by atoms with Crippen LogP contribution in [0.4, 0.5) is 11.4 Å². The Bertz CT molecular complexity index is 973. The van der Waals surface area contributed by atoms with Crippen LogP contribution >= 0.6 is 0 Å². The van der Waals surface area contributed by atoms with Gasteiger partial charge in [-0.2, -0.15) is 0 Å². The summed E-state index contributed by atoms with van der Waals surface area (Å²) in [5, 5.41) is 9.79. The lowest BCUT2D eigenvalue weighted by Crippen LogP contribution is -2.28. The van der Waals surface area contributed by atoms with Crippen LogP contribution in [0.15, 0.2) is 65.2 Å². The maximum absolute atomic E-state index is 12.8. The third-order valence-electron chi connectivity index (χ3n) is 4.71. The fourth-order valence-electron chi connectivity index (χ4n) is 3.05. The number of nitrogens with zero attached hydrogens (tertiary/aromatic N) is 1. The SMILES string of the molecule is CC(=O)Nc1ccc(NC(=O)C2(c3cc(-c4ccccc4)on3)CC2)cc1. The second-order valence-electron chi connectivity index (χ2n) is 6.74. The summed E-state index contributed by atoms with van der Waals surface area (Å²) in [5.74, 6) is 0.427. The molecule has 3 aromatic rings. The van der Waals surface area contributed by atoms with Crippen LogP contribution < -0.4 is 10.6 Å². The highest BCUT2D eigenvalue weighted by Crippen LogP contribution is 2.49. The lowest BCUT2D eigenvalue weighted by Gasteiger charge is -2.13. The fourth-order valence-corrected chi connectivity index (χ4v) is 3.05. The minimum absolute atomic E-state index is 0.0947. The lowest BCUT2D eigenvalue weighted by molar-refractivity contribution is -0.118. The van der Waals surface area contributed by atoms with Gasteiger partial charge in [0.1, 0.15) is 0 Å². The van der Waals surface area contributed by atoms with Crippen LogP contribution in [-0.2, 0) is 15.0 Å². The highest BCUT2D eigenvalue weighted by molar-refractivity contribution is 6.01. The Kier molecular flexibility index (Phi) is 4.24. The first-order valence-corrected chi connectivity index (χ1v) is 8.79. The number of hydrogen-bond acceptors (Lipinski definition) is 4. The first-order valence-electron chi connectivity index (χ1n) is 8.79. The number of carbonyl (C=O) groups is 2. The van der Waals surface area contributed by atoms with Gasteiger partial charge in [-0.3, -0.25) is 9.59 Å². The molecule has 2 aromatic carbocycles. The maximum Gasteiger partial charge on any atom is 0.236 e. The van der Waals surface area contributed by atoms with Crippen molar-refractivity contribution in [2.75, 3.05) is 10.6 Å². The Morgan fingerprint density at radius 2 is 1.59 bits per heavy atom. The summed E-state index contributed by atoms with van der Waals surface area (Å²) in [7, 11) is 0. The molecule has 136 valence electrons. The summed E-state index contributed by atoms with van der Waals surface area (Å²) in [5.41, 5.74) is 2.32. The molecule has 1 heterocycles. The number of hydrogen-bond donors (Lipinski definition) is 2. The van der Waals surface area contributed by atoms with E-state index in [2.05, 4.69) is 15.8 Å². The number of carbonyl (C=O) groups excluding carboxylic acids is 2. The molecule has 0 bridgehead atoms. The van der Waals surface area contributed by atoms with Crippen LogP contribution in [0.5, 0.6) is 0 Å². The third kappa shape index (κ3) is 3.46. The van der Waals surface area contributed by atoms with Crippen LogP contribution in [0.3, 0.4) is 0 Å². The standard InChI is InChI=1S/C21H19N3O3/c1-14(25)22-16-7-9-17(10-8-16)23-20(26)21(11-12-21)19-13-18(27-24-19)15-5-3-2-4-6-15/h2-10,13H,11-12H2,1H3,(H,22,25)(H,23,26). The Balaban J connectivity index is 1.49. The molecule has 2 N–H and O–H groups in total. The van der Waals surface area contributed by atoms with E-state index in [4.69, 9.17) is 4.52 Å². The zero-order valence-electron chi connectivity index (χ0n) is 14.9. The Morgan fingerprint density at radius 3 is 2.19 bits per heavy atom. The van der Waals surface area contributed by atoms with Crippen molar-refractivity contribution in [3.63, 3.8) is 0 Å². The molecule has 2 amide bonds. The molecule has 27 heavy (non-hydrogen) atoms. The van der Waals surface area contributed by atoms with E-state index in [0.717, 1.165) is 18.4 Å².